The van der Waals surface area contributed by atoms with Crippen LogP contribution < -0.4 is 10.6 Å². The van der Waals surface area contributed by atoms with E-state index in [1.165, 1.54) is 18.2 Å². The number of nitriles is 1. The van der Waals surface area contributed by atoms with Crippen LogP contribution in [-0.4, -0.2) is 47.5 Å². The van der Waals surface area contributed by atoms with Crippen LogP contribution in [-0.2, 0) is 10.2 Å². The average Bonchev–Trinajstić information content (AvgIpc) is 3.13. The summed E-state index contributed by atoms with van der Waals surface area (Å²) in [7, 11) is 0. The fraction of sp³-hybridized carbons (Fsp3) is 0.481. The van der Waals surface area contributed by atoms with E-state index in [9.17, 15) is 15.2 Å². The fourth-order valence-corrected chi connectivity index (χ4v) is 5.56. The van der Waals surface area contributed by atoms with Crippen LogP contribution in [0.2, 0.25) is 15.1 Å². The largest absolute Gasteiger partial charge is 0.394 e. The van der Waals surface area contributed by atoms with Crippen LogP contribution >= 0.6 is 34.8 Å². The first kappa shape index (κ1) is 29.6. The number of rotatable bonds is 8. The van der Waals surface area contributed by atoms with Gasteiger partial charge in [-0.15, -0.1) is 0 Å². The number of hydrogen-bond donors (Lipinski definition) is 4. The van der Waals surface area contributed by atoms with Crippen molar-refractivity contribution in [2.45, 2.75) is 63.1 Å². The molecule has 200 valence electrons. The summed E-state index contributed by atoms with van der Waals surface area (Å²) in [5.41, 5.74) is -1.11. The van der Waals surface area contributed by atoms with Crippen molar-refractivity contribution in [1.82, 2.24) is 10.6 Å². The minimum atomic E-state index is -1.51. The monoisotopic (exact) mass is 569 g/mol. The first-order valence-electron chi connectivity index (χ1n) is 12.0. The number of hydrogen-bond acceptors (Lipinski definition) is 5. The molecule has 0 saturated carbocycles. The lowest BCUT2D eigenvalue weighted by Crippen LogP contribution is -2.46. The van der Waals surface area contributed by atoms with Crippen molar-refractivity contribution >= 4 is 40.7 Å². The molecule has 0 spiro atoms. The normalized spacial score (nSPS) is 24.5. The number of carbonyl (C=O) groups is 1. The number of nitrogens with zero attached hydrogens (tertiary/aromatic N) is 1. The third-order valence-electron chi connectivity index (χ3n) is 6.71. The summed E-state index contributed by atoms with van der Waals surface area (Å²) in [6.07, 6.45) is -0.377. The van der Waals surface area contributed by atoms with E-state index in [4.69, 9.17) is 39.9 Å². The molecule has 37 heavy (non-hydrogen) atoms. The maximum atomic E-state index is 15.6. The second kappa shape index (κ2) is 11.9. The molecular formula is C27H31Cl3FN3O3. The van der Waals surface area contributed by atoms with E-state index >= 15 is 4.39 Å². The number of aliphatic hydroxyl groups excluding tert-OH is 2. The molecule has 4 N–H and O–H groups in total. The van der Waals surface area contributed by atoms with Gasteiger partial charge in [-0.3, -0.25) is 4.79 Å². The summed E-state index contributed by atoms with van der Waals surface area (Å²) in [4.78, 5) is 13.5. The smallest absolute Gasteiger partial charge is 0.237 e. The number of carbonyl (C=O) groups excluding carboxylic acids is 1. The zero-order chi connectivity index (χ0) is 27.5. The summed E-state index contributed by atoms with van der Waals surface area (Å²) in [5, 5.41) is 36.4. The van der Waals surface area contributed by atoms with Gasteiger partial charge in [-0.25, -0.2) is 4.39 Å². The molecule has 0 aromatic heterocycles. The number of aliphatic hydroxyl groups is 2. The maximum absolute atomic E-state index is 15.6. The molecule has 0 bridgehead atoms. The van der Waals surface area contributed by atoms with Crippen molar-refractivity contribution in [3.05, 3.63) is 68.4 Å². The lowest BCUT2D eigenvalue weighted by atomic mass is 9.62. The first-order valence-corrected chi connectivity index (χ1v) is 13.1. The van der Waals surface area contributed by atoms with Crippen molar-refractivity contribution in [1.29, 1.82) is 5.26 Å². The molecule has 6 nitrogen and oxygen atoms in total. The fourth-order valence-electron chi connectivity index (χ4n) is 5.10. The van der Waals surface area contributed by atoms with E-state index in [-0.39, 0.29) is 34.0 Å². The van der Waals surface area contributed by atoms with Gasteiger partial charge in [-0.2, -0.15) is 5.26 Å². The highest BCUT2D eigenvalue weighted by atomic mass is 35.5. The summed E-state index contributed by atoms with van der Waals surface area (Å²) in [6, 6.07) is 9.92. The number of amides is 1. The van der Waals surface area contributed by atoms with Gasteiger partial charge in [0.15, 0.2) is 0 Å². The van der Waals surface area contributed by atoms with Crippen LogP contribution in [0.25, 0.3) is 0 Å². The van der Waals surface area contributed by atoms with E-state index in [1.807, 2.05) is 20.8 Å². The third-order valence-corrected chi connectivity index (χ3v) is 7.68. The van der Waals surface area contributed by atoms with Gasteiger partial charge in [0.05, 0.1) is 34.9 Å². The minimum absolute atomic E-state index is 0.103. The van der Waals surface area contributed by atoms with Crippen LogP contribution in [0.15, 0.2) is 36.4 Å². The van der Waals surface area contributed by atoms with Crippen molar-refractivity contribution in [2.75, 3.05) is 13.2 Å². The Kier molecular flexibility index (Phi) is 9.50. The molecule has 1 aliphatic heterocycles. The van der Waals surface area contributed by atoms with Crippen molar-refractivity contribution in [3.63, 3.8) is 0 Å². The zero-order valence-electron chi connectivity index (χ0n) is 20.9. The SMILES string of the molecule is CC(C)(C)C[C@@H]1N[C@@H](C(=O)NCC[C@H](O)CO)[C@H](c2ccc(Cl)c(Cl)c2)[C@@]1(C#N)c1ccc(Cl)cc1F. The van der Waals surface area contributed by atoms with E-state index < -0.39 is 47.9 Å². The number of halogens is 4. The van der Waals surface area contributed by atoms with E-state index in [1.54, 1.807) is 18.2 Å². The maximum Gasteiger partial charge on any atom is 0.237 e. The third kappa shape index (κ3) is 6.39. The summed E-state index contributed by atoms with van der Waals surface area (Å²) < 4.78 is 15.6. The Balaban J connectivity index is 2.21. The second-order valence-electron chi connectivity index (χ2n) is 10.6. The van der Waals surface area contributed by atoms with Gasteiger partial charge in [-0.1, -0.05) is 67.7 Å². The Bertz CT molecular complexity index is 1180. The van der Waals surface area contributed by atoms with E-state index in [0.29, 0.717) is 17.0 Å². The lowest BCUT2D eigenvalue weighted by Gasteiger charge is -2.37. The molecular weight excluding hydrogens is 540 g/mol. The molecule has 1 aliphatic rings. The van der Waals surface area contributed by atoms with Crippen molar-refractivity contribution < 1.29 is 19.4 Å². The molecule has 1 saturated heterocycles. The van der Waals surface area contributed by atoms with Gasteiger partial charge in [0.2, 0.25) is 5.91 Å². The summed E-state index contributed by atoms with van der Waals surface area (Å²) >= 11 is 18.6. The Labute approximate surface area is 231 Å². The highest BCUT2D eigenvalue weighted by molar-refractivity contribution is 6.42. The first-order chi connectivity index (χ1) is 17.3. The molecule has 2 aromatic rings. The van der Waals surface area contributed by atoms with Crippen molar-refractivity contribution in [2.24, 2.45) is 5.41 Å². The molecule has 1 fully saturated rings. The molecule has 2 aromatic carbocycles. The summed E-state index contributed by atoms with van der Waals surface area (Å²) in [5.74, 6) is -1.92. The van der Waals surface area contributed by atoms with Gasteiger partial charge in [0.25, 0.3) is 0 Å². The molecule has 3 rings (SSSR count). The van der Waals surface area contributed by atoms with Crippen molar-refractivity contribution in [3.8, 4) is 6.07 Å². The highest BCUT2D eigenvalue weighted by Crippen LogP contribution is 2.52. The predicted octanol–water partition coefficient (Wildman–Crippen LogP) is 4.97. The van der Waals surface area contributed by atoms with Crippen LogP contribution in [0.5, 0.6) is 0 Å². The predicted molar refractivity (Wildman–Crippen MR) is 143 cm³/mol. The van der Waals surface area contributed by atoms with Gasteiger partial charge < -0.3 is 20.8 Å². The molecule has 0 radical (unpaired) electrons. The van der Waals surface area contributed by atoms with E-state index in [2.05, 4.69) is 16.7 Å². The van der Waals surface area contributed by atoms with Crippen LogP contribution in [0.3, 0.4) is 0 Å². The molecule has 0 unspecified atom stereocenters. The highest BCUT2D eigenvalue weighted by Gasteiger charge is 2.60. The number of nitrogens with one attached hydrogen (secondary N) is 2. The van der Waals surface area contributed by atoms with Crippen LogP contribution in [0, 0.1) is 22.6 Å². The standard InChI is InChI=1S/C27H31Cl3FN3O3/c1-26(2,3)12-22-27(14-32,18-6-5-16(28)11-21(18)31)23(15-4-7-19(29)20(30)10-15)24(34-22)25(37)33-9-8-17(36)13-35/h4-7,10-11,17,22-24,34-36H,8-9,12-13H2,1-3H3,(H,33,37)/t17-,22-,23-,24+,27-/m0/s1. The topological polar surface area (TPSA) is 105 Å². The molecule has 1 amide bonds. The van der Waals surface area contributed by atoms with Gasteiger partial charge in [0, 0.05) is 29.1 Å². The number of benzene rings is 2. The van der Waals surface area contributed by atoms with Crippen LogP contribution in [0.4, 0.5) is 4.39 Å². The Morgan fingerprint density at radius 2 is 1.92 bits per heavy atom. The molecule has 5 atom stereocenters. The Morgan fingerprint density at radius 3 is 2.49 bits per heavy atom. The minimum Gasteiger partial charge on any atom is -0.394 e. The Morgan fingerprint density at radius 1 is 1.22 bits per heavy atom. The average molecular weight is 571 g/mol. The van der Waals surface area contributed by atoms with Gasteiger partial charge in [-0.05, 0) is 48.1 Å². The van der Waals surface area contributed by atoms with Gasteiger partial charge in [0.1, 0.15) is 11.2 Å². The Hall–Kier alpha value is -1.92. The molecule has 10 heteroatoms. The summed E-state index contributed by atoms with van der Waals surface area (Å²) in [6.45, 7) is 5.70. The lowest BCUT2D eigenvalue weighted by molar-refractivity contribution is -0.123. The zero-order valence-corrected chi connectivity index (χ0v) is 23.1. The molecule has 1 heterocycles. The second-order valence-corrected chi connectivity index (χ2v) is 11.9. The molecule has 0 aliphatic carbocycles. The van der Waals surface area contributed by atoms with Crippen LogP contribution in [0.1, 0.15) is 50.7 Å². The quantitative estimate of drug-likeness (QED) is 0.359. The van der Waals surface area contributed by atoms with Gasteiger partial charge >= 0.3 is 0 Å². The van der Waals surface area contributed by atoms with E-state index in [0.717, 1.165) is 0 Å².